The highest BCUT2D eigenvalue weighted by atomic mass is 35.5. The van der Waals surface area contributed by atoms with Crippen LogP contribution in [0, 0.1) is 0 Å². The van der Waals surface area contributed by atoms with Crippen molar-refractivity contribution in [3.05, 3.63) is 33.8 Å². The number of halogens is 2. The average Bonchev–Trinajstić information content (AvgIpc) is 2.29. The lowest BCUT2D eigenvalue weighted by atomic mass is 10.1. The van der Waals surface area contributed by atoms with E-state index in [2.05, 4.69) is 0 Å². The fraction of sp³-hybridized carbons (Fsp3) is 0.455. The van der Waals surface area contributed by atoms with E-state index in [1.165, 1.54) is 21.3 Å². The number of hydrogen-bond acceptors (Lipinski definition) is 3. The van der Waals surface area contributed by atoms with Gasteiger partial charge in [-0.25, -0.2) is 0 Å². The zero-order chi connectivity index (χ0) is 12.2. The molecule has 0 aromatic heterocycles. The van der Waals surface area contributed by atoms with E-state index in [-0.39, 0.29) is 0 Å². The highest BCUT2D eigenvalue weighted by Crippen LogP contribution is 2.26. The summed E-state index contributed by atoms with van der Waals surface area (Å²) >= 11 is 11.9. The van der Waals surface area contributed by atoms with Crippen LogP contribution in [0.3, 0.4) is 0 Å². The van der Waals surface area contributed by atoms with Crippen molar-refractivity contribution in [3.63, 3.8) is 0 Å². The van der Waals surface area contributed by atoms with Gasteiger partial charge < -0.3 is 14.2 Å². The van der Waals surface area contributed by atoms with Crippen molar-refractivity contribution in [3.8, 4) is 0 Å². The van der Waals surface area contributed by atoms with Crippen molar-refractivity contribution in [2.24, 2.45) is 0 Å². The minimum atomic E-state index is -1.11. The third-order valence-corrected chi connectivity index (χ3v) is 2.94. The van der Waals surface area contributed by atoms with Gasteiger partial charge in [-0.05, 0) is 17.7 Å². The van der Waals surface area contributed by atoms with Gasteiger partial charge in [-0.1, -0.05) is 29.3 Å². The van der Waals surface area contributed by atoms with Crippen LogP contribution < -0.4 is 0 Å². The summed E-state index contributed by atoms with van der Waals surface area (Å²) in [6, 6.07) is 5.25. The molecule has 0 aliphatic carbocycles. The summed E-state index contributed by atoms with van der Waals surface area (Å²) in [5.74, 6) is -1.11. The molecule has 0 fully saturated rings. The fourth-order valence-corrected chi connectivity index (χ4v) is 1.84. The molecule has 1 rings (SSSR count). The molecule has 0 spiro atoms. The van der Waals surface area contributed by atoms with Crippen molar-refractivity contribution in [1.82, 2.24) is 0 Å². The summed E-state index contributed by atoms with van der Waals surface area (Å²) < 4.78 is 15.6. The van der Waals surface area contributed by atoms with Crippen LogP contribution >= 0.6 is 23.2 Å². The molecule has 0 unspecified atom stereocenters. The van der Waals surface area contributed by atoms with E-state index in [1.807, 2.05) is 6.07 Å². The van der Waals surface area contributed by atoms with Gasteiger partial charge in [0.2, 0.25) is 0 Å². The highest BCUT2D eigenvalue weighted by Gasteiger charge is 2.30. The Kier molecular flexibility index (Phi) is 5.02. The van der Waals surface area contributed by atoms with E-state index in [9.17, 15) is 0 Å². The molecule has 0 amide bonds. The third kappa shape index (κ3) is 3.09. The van der Waals surface area contributed by atoms with Gasteiger partial charge in [0.15, 0.2) is 0 Å². The Morgan fingerprint density at radius 2 is 1.62 bits per heavy atom. The Labute approximate surface area is 105 Å². The number of ether oxygens (including phenoxy) is 3. The standard InChI is InChI=1S/C11H14Cl2O3/c1-14-11(15-2,16-3)7-8-4-5-9(12)6-10(8)13/h4-6H,7H2,1-3H3. The van der Waals surface area contributed by atoms with E-state index in [1.54, 1.807) is 12.1 Å². The van der Waals surface area contributed by atoms with Gasteiger partial charge in [-0.3, -0.25) is 0 Å². The Morgan fingerprint density at radius 3 is 2.06 bits per heavy atom. The molecule has 0 heterocycles. The maximum Gasteiger partial charge on any atom is 0.286 e. The first-order valence-electron chi connectivity index (χ1n) is 4.66. The summed E-state index contributed by atoms with van der Waals surface area (Å²) in [7, 11) is 4.53. The SMILES string of the molecule is COC(Cc1ccc(Cl)cc1Cl)(OC)OC. The summed E-state index contributed by atoms with van der Waals surface area (Å²) in [5.41, 5.74) is 0.844. The second-order valence-corrected chi connectivity index (χ2v) is 4.05. The summed E-state index contributed by atoms with van der Waals surface area (Å²) in [6.07, 6.45) is 0.381. The monoisotopic (exact) mass is 264 g/mol. The van der Waals surface area contributed by atoms with Crippen LogP contribution in [0.4, 0.5) is 0 Å². The lowest BCUT2D eigenvalue weighted by Gasteiger charge is -2.29. The number of rotatable bonds is 5. The summed E-state index contributed by atoms with van der Waals surface area (Å²) in [6.45, 7) is 0. The lowest BCUT2D eigenvalue weighted by Crippen LogP contribution is -2.38. The first kappa shape index (κ1) is 13.7. The molecule has 0 aliphatic rings. The van der Waals surface area contributed by atoms with Gasteiger partial charge in [0.1, 0.15) is 0 Å². The largest absolute Gasteiger partial charge is 0.331 e. The molecule has 0 radical (unpaired) electrons. The van der Waals surface area contributed by atoms with Gasteiger partial charge in [0.05, 0.1) is 6.42 Å². The first-order valence-corrected chi connectivity index (χ1v) is 5.42. The highest BCUT2D eigenvalue weighted by molar-refractivity contribution is 6.35. The number of methoxy groups -OCH3 is 3. The molecule has 0 aliphatic heterocycles. The van der Waals surface area contributed by atoms with Crippen molar-refractivity contribution in [1.29, 1.82) is 0 Å². The van der Waals surface area contributed by atoms with Crippen LogP contribution in [0.25, 0.3) is 0 Å². The minimum Gasteiger partial charge on any atom is -0.331 e. The maximum atomic E-state index is 6.06. The van der Waals surface area contributed by atoms with Crippen LogP contribution in [-0.2, 0) is 20.6 Å². The summed E-state index contributed by atoms with van der Waals surface area (Å²) in [4.78, 5) is 0. The van der Waals surface area contributed by atoms with E-state index in [4.69, 9.17) is 37.4 Å². The zero-order valence-corrected chi connectivity index (χ0v) is 10.9. The van der Waals surface area contributed by atoms with Gasteiger partial charge in [-0.2, -0.15) is 0 Å². The van der Waals surface area contributed by atoms with Gasteiger partial charge in [-0.15, -0.1) is 0 Å². The van der Waals surface area contributed by atoms with Gasteiger partial charge in [0, 0.05) is 31.4 Å². The zero-order valence-electron chi connectivity index (χ0n) is 9.42. The molecule has 90 valence electrons. The topological polar surface area (TPSA) is 27.7 Å². The minimum absolute atomic E-state index is 0.381. The average molecular weight is 265 g/mol. The molecule has 0 saturated carbocycles. The molecule has 5 heteroatoms. The molecule has 0 saturated heterocycles. The van der Waals surface area contributed by atoms with Crippen molar-refractivity contribution in [2.45, 2.75) is 12.4 Å². The van der Waals surface area contributed by atoms with E-state index in [0.717, 1.165) is 5.56 Å². The molecule has 1 aromatic carbocycles. The molecule has 0 N–H and O–H groups in total. The van der Waals surface area contributed by atoms with Crippen molar-refractivity contribution >= 4 is 23.2 Å². The van der Waals surface area contributed by atoms with Crippen LogP contribution in [-0.4, -0.2) is 27.3 Å². The van der Waals surface area contributed by atoms with E-state index in [0.29, 0.717) is 16.5 Å². The van der Waals surface area contributed by atoms with Gasteiger partial charge >= 0.3 is 0 Å². The van der Waals surface area contributed by atoms with Gasteiger partial charge in [0.25, 0.3) is 5.97 Å². The fourth-order valence-electron chi connectivity index (χ4n) is 1.36. The number of hydrogen-bond donors (Lipinski definition) is 0. The molecule has 16 heavy (non-hydrogen) atoms. The smallest absolute Gasteiger partial charge is 0.286 e. The number of benzene rings is 1. The Morgan fingerprint density at radius 1 is 1.06 bits per heavy atom. The van der Waals surface area contributed by atoms with E-state index >= 15 is 0 Å². The molecular weight excluding hydrogens is 251 g/mol. The first-order chi connectivity index (χ1) is 7.56. The maximum absolute atomic E-state index is 6.06. The van der Waals surface area contributed by atoms with Crippen LogP contribution in [0.1, 0.15) is 5.56 Å². The Hall–Kier alpha value is -0.320. The third-order valence-electron chi connectivity index (χ3n) is 2.36. The van der Waals surface area contributed by atoms with Crippen LogP contribution in [0.5, 0.6) is 0 Å². The second kappa shape index (κ2) is 5.84. The molecule has 0 bridgehead atoms. The predicted molar refractivity (Wildman–Crippen MR) is 63.9 cm³/mol. The van der Waals surface area contributed by atoms with Crippen molar-refractivity contribution < 1.29 is 14.2 Å². The normalized spacial score (nSPS) is 11.8. The van der Waals surface area contributed by atoms with Crippen LogP contribution in [0.2, 0.25) is 10.0 Å². The molecule has 1 aromatic rings. The molecule has 3 nitrogen and oxygen atoms in total. The van der Waals surface area contributed by atoms with Crippen molar-refractivity contribution in [2.75, 3.05) is 21.3 Å². The van der Waals surface area contributed by atoms with E-state index < -0.39 is 5.97 Å². The Balaban J connectivity index is 2.93. The molecule has 0 atom stereocenters. The Bertz CT molecular complexity index is 343. The summed E-state index contributed by atoms with van der Waals surface area (Å²) in [5, 5.41) is 1.15. The molecular formula is C11H14Cl2O3. The quantitative estimate of drug-likeness (QED) is 0.765. The predicted octanol–water partition coefficient (Wildman–Crippen LogP) is 3.13. The van der Waals surface area contributed by atoms with Crippen LogP contribution in [0.15, 0.2) is 18.2 Å². The lowest BCUT2D eigenvalue weighted by molar-refractivity contribution is -0.350. The second-order valence-electron chi connectivity index (χ2n) is 3.21.